The molecule has 114 valence electrons. The number of carboxylic acid groups (broad SMARTS) is 1. The first-order valence-corrected chi connectivity index (χ1v) is 6.73. The van der Waals surface area contributed by atoms with Gasteiger partial charge >= 0.3 is 6.09 Å². The first-order chi connectivity index (χ1) is 10.5. The average molecular weight is 307 g/mol. The van der Waals surface area contributed by atoms with Crippen LogP contribution in [-0.4, -0.2) is 11.2 Å². The molecule has 2 aromatic rings. The van der Waals surface area contributed by atoms with Crippen LogP contribution in [0.3, 0.4) is 0 Å². The number of aryl methyl sites for hydroxylation is 1. The van der Waals surface area contributed by atoms with Crippen molar-refractivity contribution in [3.8, 4) is 11.1 Å². The monoisotopic (exact) mass is 307 g/mol. The SMILES string of the molecule is O=C(O)NC1CCc2cc(-c3cc(F)c(F)cc3F)ccc21. The van der Waals surface area contributed by atoms with Gasteiger partial charge in [-0.3, -0.25) is 0 Å². The van der Waals surface area contributed by atoms with Crippen LogP contribution < -0.4 is 5.32 Å². The number of hydrogen-bond donors (Lipinski definition) is 2. The number of carbonyl (C=O) groups is 1. The molecule has 2 aromatic carbocycles. The summed E-state index contributed by atoms with van der Waals surface area (Å²) in [6.45, 7) is 0. The van der Waals surface area contributed by atoms with Gasteiger partial charge in [0.15, 0.2) is 11.6 Å². The van der Waals surface area contributed by atoms with E-state index in [1.807, 2.05) is 0 Å². The lowest BCUT2D eigenvalue weighted by Crippen LogP contribution is -2.24. The van der Waals surface area contributed by atoms with Crippen LogP contribution in [0, 0.1) is 17.5 Å². The Morgan fingerprint density at radius 2 is 1.82 bits per heavy atom. The maximum atomic E-state index is 13.8. The Labute approximate surface area is 124 Å². The molecule has 0 spiro atoms. The van der Waals surface area contributed by atoms with Crippen LogP contribution in [0.25, 0.3) is 11.1 Å². The molecule has 0 saturated carbocycles. The topological polar surface area (TPSA) is 49.3 Å². The molecule has 0 heterocycles. The molecule has 0 saturated heterocycles. The van der Waals surface area contributed by atoms with E-state index < -0.39 is 23.5 Å². The fourth-order valence-corrected chi connectivity index (χ4v) is 2.83. The van der Waals surface area contributed by atoms with Gasteiger partial charge < -0.3 is 10.4 Å². The van der Waals surface area contributed by atoms with E-state index in [4.69, 9.17) is 5.11 Å². The minimum absolute atomic E-state index is 0.0173. The Hall–Kier alpha value is -2.50. The van der Waals surface area contributed by atoms with Gasteiger partial charge in [0.05, 0.1) is 6.04 Å². The highest BCUT2D eigenvalue weighted by molar-refractivity contribution is 5.68. The van der Waals surface area contributed by atoms with Crippen molar-refractivity contribution < 1.29 is 23.1 Å². The zero-order valence-corrected chi connectivity index (χ0v) is 11.4. The van der Waals surface area contributed by atoms with Crippen molar-refractivity contribution >= 4 is 6.09 Å². The number of rotatable bonds is 2. The lowest BCUT2D eigenvalue weighted by Gasteiger charge is -2.12. The molecule has 1 aliphatic carbocycles. The molecule has 0 radical (unpaired) electrons. The quantitative estimate of drug-likeness (QED) is 0.823. The molecular weight excluding hydrogens is 295 g/mol. The second-order valence-electron chi connectivity index (χ2n) is 5.20. The molecule has 0 aliphatic heterocycles. The van der Waals surface area contributed by atoms with Gasteiger partial charge in [0.2, 0.25) is 0 Å². The maximum Gasteiger partial charge on any atom is 0.405 e. The van der Waals surface area contributed by atoms with E-state index in [2.05, 4.69) is 5.32 Å². The third-order valence-electron chi connectivity index (χ3n) is 3.84. The third kappa shape index (κ3) is 2.52. The minimum atomic E-state index is -1.23. The lowest BCUT2D eigenvalue weighted by atomic mass is 9.99. The van der Waals surface area contributed by atoms with Crippen LogP contribution in [0.5, 0.6) is 0 Å². The van der Waals surface area contributed by atoms with Crippen molar-refractivity contribution in [1.29, 1.82) is 0 Å². The number of fused-ring (bicyclic) bond motifs is 1. The standard InChI is InChI=1S/C16H12F3NO2/c17-12-7-14(19)13(18)6-11(12)9-1-3-10-8(5-9)2-4-15(10)20-16(21)22/h1,3,5-7,15,20H,2,4H2,(H,21,22). The van der Waals surface area contributed by atoms with Gasteiger partial charge in [0.25, 0.3) is 0 Å². The molecule has 1 aliphatic rings. The molecule has 0 aromatic heterocycles. The van der Waals surface area contributed by atoms with Crippen LogP contribution in [0.4, 0.5) is 18.0 Å². The fourth-order valence-electron chi connectivity index (χ4n) is 2.83. The van der Waals surface area contributed by atoms with Gasteiger partial charge in [-0.2, -0.15) is 0 Å². The predicted molar refractivity (Wildman–Crippen MR) is 74.0 cm³/mol. The highest BCUT2D eigenvalue weighted by Gasteiger charge is 2.24. The molecule has 0 fully saturated rings. The highest BCUT2D eigenvalue weighted by atomic mass is 19.2. The summed E-state index contributed by atoms with van der Waals surface area (Å²) < 4.78 is 40.1. The molecule has 3 nitrogen and oxygen atoms in total. The highest BCUT2D eigenvalue weighted by Crippen LogP contribution is 2.35. The number of benzene rings is 2. The number of amides is 1. The summed E-state index contributed by atoms with van der Waals surface area (Å²) in [5.74, 6) is -3.17. The van der Waals surface area contributed by atoms with Crippen LogP contribution >= 0.6 is 0 Å². The Morgan fingerprint density at radius 1 is 1.09 bits per heavy atom. The molecule has 1 atom stereocenters. The first-order valence-electron chi connectivity index (χ1n) is 6.73. The van der Waals surface area contributed by atoms with Gasteiger partial charge in [0.1, 0.15) is 5.82 Å². The molecule has 1 amide bonds. The summed E-state index contributed by atoms with van der Waals surface area (Å²) in [6, 6.07) is 6.02. The molecule has 1 unspecified atom stereocenters. The van der Waals surface area contributed by atoms with Crippen LogP contribution in [0.1, 0.15) is 23.6 Å². The van der Waals surface area contributed by atoms with Crippen molar-refractivity contribution in [3.05, 3.63) is 58.9 Å². The summed E-state index contributed by atoms with van der Waals surface area (Å²) in [7, 11) is 0. The number of hydrogen-bond acceptors (Lipinski definition) is 1. The Bertz CT molecular complexity index is 761. The van der Waals surface area contributed by atoms with E-state index in [9.17, 15) is 18.0 Å². The largest absolute Gasteiger partial charge is 0.465 e. The van der Waals surface area contributed by atoms with E-state index in [-0.39, 0.29) is 11.6 Å². The van der Waals surface area contributed by atoms with Gasteiger partial charge in [-0.15, -0.1) is 0 Å². The van der Waals surface area contributed by atoms with Crippen molar-refractivity contribution in [3.63, 3.8) is 0 Å². The van der Waals surface area contributed by atoms with Gasteiger partial charge in [-0.1, -0.05) is 18.2 Å². The third-order valence-corrected chi connectivity index (χ3v) is 3.84. The minimum Gasteiger partial charge on any atom is -0.465 e. The van der Waals surface area contributed by atoms with Crippen molar-refractivity contribution in [2.75, 3.05) is 0 Å². The van der Waals surface area contributed by atoms with E-state index in [1.54, 1.807) is 18.2 Å². The Kier molecular flexibility index (Phi) is 3.52. The number of halogens is 3. The summed E-state index contributed by atoms with van der Waals surface area (Å²) in [5, 5.41) is 11.2. The van der Waals surface area contributed by atoms with Crippen molar-refractivity contribution in [1.82, 2.24) is 5.32 Å². The Balaban J connectivity index is 1.99. The van der Waals surface area contributed by atoms with Gasteiger partial charge in [0, 0.05) is 11.6 Å². The first kappa shape index (κ1) is 14.4. The smallest absolute Gasteiger partial charge is 0.405 e. The second-order valence-corrected chi connectivity index (χ2v) is 5.20. The van der Waals surface area contributed by atoms with E-state index in [0.29, 0.717) is 24.5 Å². The zero-order chi connectivity index (χ0) is 15.9. The zero-order valence-electron chi connectivity index (χ0n) is 11.4. The van der Waals surface area contributed by atoms with Gasteiger partial charge in [-0.05, 0) is 35.6 Å². The van der Waals surface area contributed by atoms with E-state index in [0.717, 1.165) is 17.2 Å². The summed E-state index contributed by atoms with van der Waals surface area (Å²) in [6.07, 6.45) is 0.152. The van der Waals surface area contributed by atoms with Crippen molar-refractivity contribution in [2.24, 2.45) is 0 Å². The van der Waals surface area contributed by atoms with Crippen LogP contribution in [0.15, 0.2) is 30.3 Å². The predicted octanol–water partition coefficient (Wildman–Crippen LogP) is 4.03. The summed E-state index contributed by atoms with van der Waals surface area (Å²) in [4.78, 5) is 10.7. The Morgan fingerprint density at radius 3 is 2.55 bits per heavy atom. The molecular formula is C16H12F3NO2. The molecule has 3 rings (SSSR count). The lowest BCUT2D eigenvalue weighted by molar-refractivity contribution is 0.190. The van der Waals surface area contributed by atoms with Gasteiger partial charge in [-0.25, -0.2) is 18.0 Å². The second kappa shape index (κ2) is 5.36. The van der Waals surface area contributed by atoms with E-state index in [1.165, 1.54) is 0 Å². The maximum absolute atomic E-state index is 13.8. The molecule has 2 N–H and O–H groups in total. The summed E-state index contributed by atoms with van der Waals surface area (Å²) in [5.41, 5.74) is 2.12. The van der Waals surface area contributed by atoms with Crippen LogP contribution in [-0.2, 0) is 6.42 Å². The normalized spacial score (nSPS) is 16.4. The number of nitrogens with one attached hydrogen (secondary N) is 1. The van der Waals surface area contributed by atoms with Crippen molar-refractivity contribution in [2.45, 2.75) is 18.9 Å². The molecule has 0 bridgehead atoms. The summed E-state index contributed by atoms with van der Waals surface area (Å²) >= 11 is 0. The van der Waals surface area contributed by atoms with E-state index >= 15 is 0 Å². The molecule has 22 heavy (non-hydrogen) atoms. The average Bonchev–Trinajstić information content (AvgIpc) is 2.84. The fraction of sp³-hybridized carbons (Fsp3) is 0.188. The van der Waals surface area contributed by atoms with Crippen LogP contribution in [0.2, 0.25) is 0 Å². The molecule has 6 heteroatoms.